The molecule has 0 aromatic rings. The summed E-state index contributed by atoms with van der Waals surface area (Å²) in [7, 11) is 0. The van der Waals surface area contributed by atoms with Gasteiger partial charge in [0.05, 0.1) is 6.17 Å². The monoisotopic (exact) mass is 432 g/mol. The van der Waals surface area contributed by atoms with Crippen LogP contribution >= 0.6 is 0 Å². The average molecular weight is 433 g/mol. The van der Waals surface area contributed by atoms with Gasteiger partial charge in [-0.2, -0.15) is 0 Å². The molecule has 0 amide bonds. The number of unbranched alkanes of at least 4 members (excludes halogenated alkanes) is 15. The fourth-order valence-electron chi connectivity index (χ4n) is 6.88. The van der Waals surface area contributed by atoms with E-state index in [1.54, 1.807) is 0 Å². The first-order chi connectivity index (χ1) is 15.4. The third-order valence-electron chi connectivity index (χ3n) is 8.72. The van der Waals surface area contributed by atoms with Crippen molar-refractivity contribution in [3.05, 3.63) is 0 Å². The standard InChI is InChI=1S/C29H56N2/c1-2-3-4-5-6-7-8-9-10-11-12-13-14-15-16-17-21-27-26-28-22-18-19-24-30(28)29-23-20-25-31(27)29/h27-29H,2-26H2,1H3/t27-,28+,29+/m0/s1. The second-order valence-corrected chi connectivity index (χ2v) is 11.2. The second kappa shape index (κ2) is 15.7. The second-order valence-electron chi connectivity index (χ2n) is 11.2. The highest BCUT2D eigenvalue weighted by atomic mass is 15.4. The lowest BCUT2D eigenvalue weighted by Gasteiger charge is -2.51. The van der Waals surface area contributed by atoms with Gasteiger partial charge in [-0.15, -0.1) is 0 Å². The average Bonchev–Trinajstić information content (AvgIpc) is 3.29. The Balaban J connectivity index is 1.11. The maximum atomic E-state index is 2.92. The minimum absolute atomic E-state index is 0.824. The molecule has 182 valence electrons. The Morgan fingerprint density at radius 2 is 1.10 bits per heavy atom. The Bertz CT molecular complexity index is 436. The summed E-state index contributed by atoms with van der Waals surface area (Å²) in [5.74, 6) is 0. The predicted octanol–water partition coefficient (Wildman–Crippen LogP) is 8.69. The Morgan fingerprint density at radius 3 is 1.71 bits per heavy atom. The molecule has 3 aliphatic heterocycles. The van der Waals surface area contributed by atoms with Gasteiger partial charge in [0, 0.05) is 18.6 Å². The summed E-state index contributed by atoms with van der Waals surface area (Å²) in [4.78, 5) is 5.83. The van der Waals surface area contributed by atoms with Crippen LogP contribution in [0.25, 0.3) is 0 Å². The normalized spacial score (nSPS) is 26.8. The number of piperidine rings is 1. The first-order valence-corrected chi connectivity index (χ1v) is 14.9. The van der Waals surface area contributed by atoms with E-state index >= 15 is 0 Å². The molecule has 0 aromatic heterocycles. The van der Waals surface area contributed by atoms with Crippen LogP contribution in [0.5, 0.6) is 0 Å². The highest BCUT2D eigenvalue weighted by Crippen LogP contribution is 2.38. The first-order valence-electron chi connectivity index (χ1n) is 14.9. The van der Waals surface area contributed by atoms with E-state index in [1.165, 1.54) is 161 Å². The van der Waals surface area contributed by atoms with Crippen LogP contribution in [0.15, 0.2) is 0 Å². The van der Waals surface area contributed by atoms with Crippen molar-refractivity contribution in [3.8, 4) is 0 Å². The van der Waals surface area contributed by atoms with Gasteiger partial charge in [0.1, 0.15) is 0 Å². The van der Waals surface area contributed by atoms with Gasteiger partial charge in [0.2, 0.25) is 0 Å². The van der Waals surface area contributed by atoms with Crippen molar-refractivity contribution >= 4 is 0 Å². The van der Waals surface area contributed by atoms with E-state index in [-0.39, 0.29) is 0 Å². The largest absolute Gasteiger partial charge is 0.285 e. The van der Waals surface area contributed by atoms with E-state index in [2.05, 4.69) is 16.7 Å². The van der Waals surface area contributed by atoms with Crippen molar-refractivity contribution in [1.29, 1.82) is 0 Å². The molecule has 2 nitrogen and oxygen atoms in total. The number of rotatable bonds is 17. The first kappa shape index (κ1) is 25.5. The van der Waals surface area contributed by atoms with E-state index in [0.717, 1.165) is 18.2 Å². The minimum Gasteiger partial charge on any atom is -0.285 e. The van der Waals surface area contributed by atoms with E-state index in [0.29, 0.717) is 0 Å². The van der Waals surface area contributed by atoms with Crippen LogP contribution in [0.3, 0.4) is 0 Å². The van der Waals surface area contributed by atoms with Gasteiger partial charge in [0.15, 0.2) is 0 Å². The Hall–Kier alpha value is -0.0800. The molecule has 0 unspecified atom stereocenters. The van der Waals surface area contributed by atoms with Gasteiger partial charge < -0.3 is 0 Å². The van der Waals surface area contributed by atoms with Gasteiger partial charge in [-0.25, -0.2) is 0 Å². The number of hydrogen-bond donors (Lipinski definition) is 0. The fourth-order valence-corrected chi connectivity index (χ4v) is 6.88. The van der Waals surface area contributed by atoms with Gasteiger partial charge in [-0.3, -0.25) is 9.80 Å². The van der Waals surface area contributed by atoms with Crippen LogP contribution in [0.1, 0.15) is 155 Å². The number of nitrogens with zero attached hydrogens (tertiary/aromatic N) is 2. The van der Waals surface area contributed by atoms with Crippen LogP contribution in [0.4, 0.5) is 0 Å². The van der Waals surface area contributed by atoms with Gasteiger partial charge in [-0.1, -0.05) is 116 Å². The number of fused-ring (bicyclic) bond motifs is 3. The zero-order valence-corrected chi connectivity index (χ0v) is 21.3. The number of hydrogen-bond acceptors (Lipinski definition) is 2. The van der Waals surface area contributed by atoms with Crippen molar-refractivity contribution < 1.29 is 0 Å². The molecule has 0 bridgehead atoms. The van der Waals surface area contributed by atoms with Crippen LogP contribution in [0, 0.1) is 0 Å². The molecule has 3 rings (SSSR count). The molecular formula is C29H56N2. The summed E-state index contributed by atoms with van der Waals surface area (Å²) in [6.07, 6.45) is 34.7. The molecule has 3 atom stereocenters. The van der Waals surface area contributed by atoms with E-state index < -0.39 is 0 Å². The van der Waals surface area contributed by atoms with E-state index in [9.17, 15) is 0 Å². The molecule has 31 heavy (non-hydrogen) atoms. The molecule has 0 N–H and O–H groups in total. The van der Waals surface area contributed by atoms with E-state index in [4.69, 9.17) is 0 Å². The summed E-state index contributed by atoms with van der Waals surface area (Å²) in [5, 5.41) is 0. The lowest BCUT2D eigenvalue weighted by Crippen LogP contribution is -2.60. The maximum absolute atomic E-state index is 2.92. The molecule has 3 heterocycles. The minimum atomic E-state index is 0.824. The molecule has 3 aliphatic rings. The SMILES string of the molecule is CCCCCCCCCCCCCCCCCC[C@H]1C[C@H]2CCCCN2[C@H]2CCCN12. The van der Waals surface area contributed by atoms with Crippen molar-refractivity contribution in [1.82, 2.24) is 9.80 Å². The van der Waals surface area contributed by atoms with Crippen molar-refractivity contribution in [2.45, 2.75) is 173 Å². The Kier molecular flexibility index (Phi) is 12.9. The van der Waals surface area contributed by atoms with Crippen LogP contribution in [-0.4, -0.2) is 41.1 Å². The summed E-state index contributed by atoms with van der Waals surface area (Å²) < 4.78 is 0. The molecule has 2 heteroatoms. The predicted molar refractivity (Wildman–Crippen MR) is 137 cm³/mol. The summed E-state index contributed by atoms with van der Waals surface area (Å²) in [6, 6.07) is 1.85. The maximum Gasteiger partial charge on any atom is 0.0627 e. The van der Waals surface area contributed by atoms with Crippen LogP contribution in [0.2, 0.25) is 0 Å². The molecule has 0 spiro atoms. The Morgan fingerprint density at radius 1 is 0.548 bits per heavy atom. The van der Waals surface area contributed by atoms with E-state index in [1.807, 2.05) is 0 Å². The molecule has 0 aliphatic carbocycles. The third kappa shape index (κ3) is 9.00. The highest BCUT2D eigenvalue weighted by Gasteiger charge is 2.43. The zero-order chi connectivity index (χ0) is 21.6. The van der Waals surface area contributed by atoms with Crippen LogP contribution < -0.4 is 0 Å². The Labute approximate surface area is 195 Å². The molecule has 3 saturated heterocycles. The molecule has 0 aromatic carbocycles. The zero-order valence-electron chi connectivity index (χ0n) is 21.3. The summed E-state index contributed by atoms with van der Waals surface area (Å²) >= 11 is 0. The van der Waals surface area contributed by atoms with Crippen LogP contribution in [-0.2, 0) is 0 Å². The van der Waals surface area contributed by atoms with Gasteiger partial charge in [-0.05, 0) is 45.1 Å². The topological polar surface area (TPSA) is 6.48 Å². The lowest BCUT2D eigenvalue weighted by atomic mass is 9.89. The molecule has 0 saturated carbocycles. The third-order valence-corrected chi connectivity index (χ3v) is 8.72. The molecule has 3 fully saturated rings. The fraction of sp³-hybridized carbons (Fsp3) is 1.00. The highest BCUT2D eigenvalue weighted by molar-refractivity contribution is 4.96. The lowest BCUT2D eigenvalue weighted by molar-refractivity contribution is -0.0611. The quantitative estimate of drug-likeness (QED) is 0.212. The van der Waals surface area contributed by atoms with Crippen molar-refractivity contribution in [2.24, 2.45) is 0 Å². The smallest absolute Gasteiger partial charge is 0.0627 e. The molecular weight excluding hydrogens is 376 g/mol. The van der Waals surface area contributed by atoms with Crippen molar-refractivity contribution in [2.75, 3.05) is 13.1 Å². The van der Waals surface area contributed by atoms with Gasteiger partial charge in [0.25, 0.3) is 0 Å². The summed E-state index contributed by atoms with van der Waals surface area (Å²) in [6.45, 7) is 5.08. The summed E-state index contributed by atoms with van der Waals surface area (Å²) in [5.41, 5.74) is 0. The molecule has 0 radical (unpaired) electrons. The van der Waals surface area contributed by atoms with Crippen molar-refractivity contribution in [3.63, 3.8) is 0 Å². The van der Waals surface area contributed by atoms with Gasteiger partial charge >= 0.3 is 0 Å².